The van der Waals surface area contributed by atoms with Crippen molar-refractivity contribution < 1.29 is 27.9 Å². The molecular weight excluding hydrogens is 295 g/mol. The van der Waals surface area contributed by atoms with Gasteiger partial charge in [0.15, 0.2) is 0 Å². The lowest BCUT2D eigenvalue weighted by atomic mass is 10.3. The van der Waals surface area contributed by atoms with E-state index in [1.165, 1.54) is 12.1 Å². The molecule has 0 unspecified atom stereocenters. The molecule has 1 rings (SSSR count). The van der Waals surface area contributed by atoms with Crippen molar-refractivity contribution in [1.82, 2.24) is 0 Å². The summed E-state index contributed by atoms with van der Waals surface area (Å²) in [5.74, 6) is -3.10. The first-order valence-electron chi connectivity index (χ1n) is 5.28. The largest absolute Gasteiger partial charge is 0.478 e. The first kappa shape index (κ1) is 16.1. The summed E-state index contributed by atoms with van der Waals surface area (Å²) in [6.45, 7) is 0. The molecule has 0 aromatic heterocycles. The predicted octanol–water partition coefficient (Wildman–Crippen LogP) is 2.92. The molecule has 0 saturated heterocycles. The molecule has 0 bridgehead atoms. The van der Waals surface area contributed by atoms with Crippen molar-refractivity contribution in [1.29, 1.82) is 0 Å². The van der Waals surface area contributed by atoms with Gasteiger partial charge in [-0.15, -0.1) is 11.8 Å². The fourth-order valence-corrected chi connectivity index (χ4v) is 1.95. The van der Waals surface area contributed by atoms with E-state index in [4.69, 9.17) is 5.11 Å². The summed E-state index contributed by atoms with van der Waals surface area (Å²) in [7, 11) is 0. The van der Waals surface area contributed by atoms with Crippen LogP contribution in [-0.2, 0) is 9.59 Å². The molecule has 2 N–H and O–H groups in total. The van der Waals surface area contributed by atoms with Crippen molar-refractivity contribution >= 4 is 29.3 Å². The molecule has 0 aliphatic rings. The Morgan fingerprint density at radius 1 is 1.25 bits per heavy atom. The first-order valence-corrected chi connectivity index (χ1v) is 6.27. The van der Waals surface area contributed by atoms with Crippen LogP contribution in [0.15, 0.2) is 41.3 Å². The standard InChI is InChI=1S/C12H10F3NO3S/c13-12(14,15)7-20-9-4-2-1-3-8(9)16-10(17)5-6-11(18)19/h1-6H,7H2,(H,16,17)(H,18,19)/b6-5+. The number of rotatable bonds is 5. The molecule has 1 amide bonds. The summed E-state index contributed by atoms with van der Waals surface area (Å²) in [6, 6.07) is 5.97. The van der Waals surface area contributed by atoms with Crippen molar-refractivity contribution in [2.24, 2.45) is 0 Å². The van der Waals surface area contributed by atoms with Gasteiger partial charge in [-0.05, 0) is 12.1 Å². The van der Waals surface area contributed by atoms with Crippen molar-refractivity contribution in [2.75, 3.05) is 11.1 Å². The Labute approximate surface area is 116 Å². The monoisotopic (exact) mass is 305 g/mol. The second kappa shape index (κ2) is 6.99. The topological polar surface area (TPSA) is 66.4 Å². The van der Waals surface area contributed by atoms with Gasteiger partial charge in [0.25, 0.3) is 0 Å². The second-order valence-corrected chi connectivity index (χ2v) is 4.58. The Balaban J connectivity index is 2.75. The molecule has 0 spiro atoms. The second-order valence-electron chi connectivity index (χ2n) is 3.56. The molecule has 1 aromatic rings. The average Bonchev–Trinajstić information content (AvgIpc) is 2.34. The van der Waals surface area contributed by atoms with E-state index in [2.05, 4.69) is 5.32 Å². The molecule has 1 aromatic carbocycles. The summed E-state index contributed by atoms with van der Waals surface area (Å²) in [5.41, 5.74) is 0.196. The number of carboxylic acids is 1. The van der Waals surface area contributed by atoms with Gasteiger partial charge in [0.1, 0.15) is 0 Å². The quantitative estimate of drug-likeness (QED) is 0.648. The van der Waals surface area contributed by atoms with Crippen LogP contribution in [-0.4, -0.2) is 28.9 Å². The number of carbonyl (C=O) groups is 2. The number of carboxylic acid groups (broad SMARTS) is 1. The Bertz CT molecular complexity index is 529. The Morgan fingerprint density at radius 3 is 2.50 bits per heavy atom. The lowest BCUT2D eigenvalue weighted by molar-refractivity contribution is -0.131. The molecule has 20 heavy (non-hydrogen) atoms. The number of benzene rings is 1. The Hall–Kier alpha value is -1.96. The molecule has 0 heterocycles. The molecule has 0 aliphatic carbocycles. The summed E-state index contributed by atoms with van der Waals surface area (Å²) in [4.78, 5) is 21.9. The summed E-state index contributed by atoms with van der Waals surface area (Å²) in [6.07, 6.45) is -2.89. The molecule has 4 nitrogen and oxygen atoms in total. The third kappa shape index (κ3) is 6.28. The Morgan fingerprint density at radius 2 is 1.90 bits per heavy atom. The molecule has 0 atom stereocenters. The maximum absolute atomic E-state index is 12.2. The van der Waals surface area contributed by atoms with Crippen LogP contribution in [0.5, 0.6) is 0 Å². The van der Waals surface area contributed by atoms with Crippen LogP contribution in [0.25, 0.3) is 0 Å². The molecule has 0 aliphatic heterocycles. The van der Waals surface area contributed by atoms with Gasteiger partial charge < -0.3 is 10.4 Å². The van der Waals surface area contributed by atoms with Gasteiger partial charge in [-0.3, -0.25) is 4.79 Å². The number of nitrogens with one attached hydrogen (secondary N) is 1. The minimum Gasteiger partial charge on any atom is -0.478 e. The van der Waals surface area contributed by atoms with Crippen molar-refractivity contribution in [3.05, 3.63) is 36.4 Å². The van der Waals surface area contributed by atoms with Crippen molar-refractivity contribution in [2.45, 2.75) is 11.1 Å². The summed E-state index contributed by atoms with van der Waals surface area (Å²) in [5, 5.41) is 10.7. The van der Waals surface area contributed by atoms with Crippen LogP contribution < -0.4 is 5.32 Å². The summed E-state index contributed by atoms with van der Waals surface area (Å²) >= 11 is 0.540. The van der Waals surface area contributed by atoms with Crippen LogP contribution in [0.3, 0.4) is 0 Å². The zero-order chi connectivity index (χ0) is 15.2. The third-order valence-electron chi connectivity index (χ3n) is 1.91. The normalized spacial score (nSPS) is 11.6. The minimum atomic E-state index is -4.31. The van der Waals surface area contributed by atoms with E-state index in [-0.39, 0.29) is 10.6 Å². The van der Waals surface area contributed by atoms with Gasteiger partial charge in [0.05, 0.1) is 11.4 Å². The van der Waals surface area contributed by atoms with Crippen LogP contribution in [0, 0.1) is 0 Å². The lowest BCUT2D eigenvalue weighted by Crippen LogP contribution is -2.12. The number of para-hydroxylation sites is 1. The highest BCUT2D eigenvalue weighted by atomic mass is 32.2. The first-order chi connectivity index (χ1) is 9.28. The maximum Gasteiger partial charge on any atom is 0.398 e. The highest BCUT2D eigenvalue weighted by molar-refractivity contribution is 7.99. The van der Waals surface area contributed by atoms with E-state index in [1.807, 2.05) is 0 Å². The van der Waals surface area contributed by atoms with E-state index in [0.717, 1.165) is 6.08 Å². The maximum atomic E-state index is 12.2. The number of anilines is 1. The van der Waals surface area contributed by atoms with Gasteiger partial charge in [0, 0.05) is 17.0 Å². The Kier molecular flexibility index (Phi) is 5.63. The fraction of sp³-hybridized carbons (Fsp3) is 0.167. The van der Waals surface area contributed by atoms with E-state index in [0.29, 0.717) is 17.8 Å². The minimum absolute atomic E-state index is 0.196. The molecule has 0 saturated carbocycles. The average molecular weight is 305 g/mol. The van der Waals surface area contributed by atoms with Gasteiger partial charge in [-0.25, -0.2) is 4.79 Å². The van der Waals surface area contributed by atoms with Crippen molar-refractivity contribution in [3.8, 4) is 0 Å². The molecular formula is C12H10F3NO3S. The van der Waals surface area contributed by atoms with Crippen LogP contribution in [0.4, 0.5) is 18.9 Å². The molecule has 108 valence electrons. The number of halogens is 3. The van der Waals surface area contributed by atoms with E-state index in [9.17, 15) is 22.8 Å². The summed E-state index contributed by atoms with van der Waals surface area (Å²) < 4.78 is 36.5. The van der Waals surface area contributed by atoms with Gasteiger partial charge >= 0.3 is 12.1 Å². The zero-order valence-corrected chi connectivity index (χ0v) is 10.8. The van der Waals surface area contributed by atoms with Crippen LogP contribution >= 0.6 is 11.8 Å². The molecule has 0 radical (unpaired) electrons. The van der Waals surface area contributed by atoms with E-state index >= 15 is 0 Å². The fourth-order valence-electron chi connectivity index (χ4n) is 1.18. The number of thioether (sulfide) groups is 1. The van der Waals surface area contributed by atoms with Gasteiger partial charge in [-0.2, -0.15) is 13.2 Å². The van der Waals surface area contributed by atoms with Gasteiger partial charge in [-0.1, -0.05) is 12.1 Å². The van der Waals surface area contributed by atoms with Crippen molar-refractivity contribution in [3.63, 3.8) is 0 Å². The SMILES string of the molecule is O=C(O)/C=C/C(=O)Nc1ccccc1SCC(F)(F)F. The molecule has 8 heteroatoms. The zero-order valence-electron chi connectivity index (χ0n) is 9.98. The van der Waals surface area contributed by atoms with Crippen LogP contribution in [0.2, 0.25) is 0 Å². The number of hydrogen-bond donors (Lipinski definition) is 2. The van der Waals surface area contributed by atoms with Crippen LogP contribution in [0.1, 0.15) is 0 Å². The smallest absolute Gasteiger partial charge is 0.398 e. The number of amides is 1. The number of aliphatic carboxylic acids is 1. The van der Waals surface area contributed by atoms with E-state index < -0.39 is 23.8 Å². The van der Waals surface area contributed by atoms with Gasteiger partial charge in [0.2, 0.25) is 5.91 Å². The van der Waals surface area contributed by atoms with E-state index in [1.54, 1.807) is 12.1 Å². The lowest BCUT2D eigenvalue weighted by Gasteiger charge is -2.10. The third-order valence-corrected chi connectivity index (χ3v) is 3.05. The highest BCUT2D eigenvalue weighted by Gasteiger charge is 2.27. The number of carbonyl (C=O) groups excluding carboxylic acids is 1. The predicted molar refractivity (Wildman–Crippen MR) is 68.6 cm³/mol. The number of hydrogen-bond acceptors (Lipinski definition) is 3. The highest BCUT2D eigenvalue weighted by Crippen LogP contribution is 2.31. The molecule has 0 fully saturated rings. The number of alkyl halides is 3.